The molecule has 0 bridgehead atoms. The number of hydrogen-bond donors (Lipinski definition) is 2. The summed E-state index contributed by atoms with van der Waals surface area (Å²) in [5, 5.41) is 10.2. The Hall–Kier alpha value is -1.19. The number of ketones is 1. The maximum absolute atomic E-state index is 11.5. The van der Waals surface area contributed by atoms with Crippen LogP contribution in [0.3, 0.4) is 0 Å². The van der Waals surface area contributed by atoms with Crippen molar-refractivity contribution in [3.63, 3.8) is 0 Å². The Morgan fingerprint density at radius 2 is 1.94 bits per heavy atom. The van der Waals surface area contributed by atoms with Crippen LogP contribution in [0.25, 0.3) is 0 Å². The van der Waals surface area contributed by atoms with Gasteiger partial charge < -0.3 is 10.7 Å². The van der Waals surface area contributed by atoms with E-state index in [1.165, 1.54) is 13.1 Å². The van der Waals surface area contributed by atoms with Gasteiger partial charge in [0.1, 0.15) is 5.78 Å². The summed E-state index contributed by atoms with van der Waals surface area (Å²) in [4.78, 5) is 22.8. The van der Waals surface area contributed by atoms with Gasteiger partial charge in [-0.15, -0.1) is 0 Å². The van der Waals surface area contributed by atoms with E-state index in [0.717, 1.165) is 12.8 Å². The molecule has 0 aromatic heterocycles. The lowest BCUT2D eigenvalue weighted by Gasteiger charge is -2.25. The second-order valence-electron chi connectivity index (χ2n) is 4.73. The van der Waals surface area contributed by atoms with Crippen molar-refractivity contribution in [2.24, 2.45) is 17.8 Å². The Morgan fingerprint density at radius 1 is 1.38 bits per heavy atom. The summed E-state index contributed by atoms with van der Waals surface area (Å²) in [6.07, 6.45) is 3.13. The first-order valence-electron chi connectivity index (χ1n) is 5.78. The van der Waals surface area contributed by atoms with E-state index in [9.17, 15) is 9.59 Å². The summed E-state index contributed by atoms with van der Waals surface area (Å²) in [7, 11) is 0. The first-order chi connectivity index (χ1) is 7.47. The second-order valence-corrected chi connectivity index (χ2v) is 4.73. The molecule has 1 aliphatic carbocycles. The SMILES string of the molecule is CC(=O)C(C=N)[C@@H](C)[C@H](C)NC(=O)C1CC1. The molecule has 3 atom stereocenters. The van der Waals surface area contributed by atoms with Gasteiger partial charge in [-0.3, -0.25) is 9.59 Å². The first-order valence-corrected chi connectivity index (χ1v) is 5.78. The van der Waals surface area contributed by atoms with Crippen LogP contribution in [0.15, 0.2) is 0 Å². The van der Waals surface area contributed by atoms with Crippen LogP contribution in [0, 0.1) is 23.2 Å². The summed E-state index contributed by atoms with van der Waals surface area (Å²) >= 11 is 0. The van der Waals surface area contributed by atoms with Gasteiger partial charge in [0.25, 0.3) is 0 Å². The van der Waals surface area contributed by atoms with Crippen LogP contribution in [-0.4, -0.2) is 23.9 Å². The van der Waals surface area contributed by atoms with Gasteiger partial charge in [0.05, 0.1) is 5.92 Å². The van der Waals surface area contributed by atoms with Gasteiger partial charge in [0, 0.05) is 18.2 Å². The first kappa shape index (κ1) is 12.9. The van der Waals surface area contributed by atoms with Crippen molar-refractivity contribution < 1.29 is 9.59 Å². The molecule has 1 fully saturated rings. The van der Waals surface area contributed by atoms with Crippen molar-refractivity contribution in [1.82, 2.24) is 5.32 Å². The van der Waals surface area contributed by atoms with Crippen molar-refractivity contribution in [1.29, 1.82) is 5.41 Å². The Labute approximate surface area is 96.3 Å². The van der Waals surface area contributed by atoms with Crippen LogP contribution in [0.4, 0.5) is 0 Å². The molecule has 16 heavy (non-hydrogen) atoms. The number of amides is 1. The van der Waals surface area contributed by atoms with E-state index in [2.05, 4.69) is 5.32 Å². The minimum Gasteiger partial charge on any atom is -0.353 e. The van der Waals surface area contributed by atoms with Crippen LogP contribution < -0.4 is 5.32 Å². The number of rotatable bonds is 6. The zero-order valence-electron chi connectivity index (χ0n) is 10.1. The molecule has 2 N–H and O–H groups in total. The fraction of sp³-hybridized carbons (Fsp3) is 0.750. The molecule has 1 saturated carbocycles. The molecule has 1 unspecified atom stereocenters. The molecule has 1 aliphatic rings. The van der Waals surface area contributed by atoms with Crippen LogP contribution in [0.1, 0.15) is 33.6 Å². The molecular weight excluding hydrogens is 204 g/mol. The van der Waals surface area contributed by atoms with Crippen LogP contribution >= 0.6 is 0 Å². The molecule has 0 aliphatic heterocycles. The van der Waals surface area contributed by atoms with Crippen molar-refractivity contribution in [3.8, 4) is 0 Å². The zero-order valence-corrected chi connectivity index (χ0v) is 10.1. The molecule has 0 saturated heterocycles. The van der Waals surface area contributed by atoms with E-state index >= 15 is 0 Å². The molecule has 90 valence electrons. The molecule has 0 aromatic rings. The van der Waals surface area contributed by atoms with Gasteiger partial charge in [-0.05, 0) is 32.6 Å². The predicted octanol–water partition coefficient (Wildman–Crippen LogP) is 1.39. The van der Waals surface area contributed by atoms with Gasteiger partial charge >= 0.3 is 0 Å². The number of hydrogen-bond acceptors (Lipinski definition) is 3. The molecule has 0 radical (unpaired) electrons. The Morgan fingerprint density at radius 3 is 2.31 bits per heavy atom. The number of carbonyl (C=O) groups is 2. The summed E-state index contributed by atoms with van der Waals surface area (Å²) < 4.78 is 0. The lowest BCUT2D eigenvalue weighted by atomic mass is 9.86. The van der Waals surface area contributed by atoms with Crippen LogP contribution in [0.5, 0.6) is 0 Å². The standard InChI is InChI=1S/C12H20N2O2/c1-7(11(6-13)9(3)15)8(2)14-12(16)10-4-5-10/h6-8,10-11,13H,4-5H2,1-3H3,(H,14,16)/t7-,8-,11?/m0/s1. The van der Waals surface area contributed by atoms with Crippen LogP contribution in [-0.2, 0) is 9.59 Å². The molecule has 4 heteroatoms. The van der Waals surface area contributed by atoms with Gasteiger partial charge in [0.15, 0.2) is 0 Å². The summed E-state index contributed by atoms with van der Waals surface area (Å²) in [6.45, 7) is 5.28. The monoisotopic (exact) mass is 224 g/mol. The van der Waals surface area contributed by atoms with Crippen molar-refractivity contribution in [2.45, 2.75) is 39.7 Å². The fourth-order valence-electron chi connectivity index (χ4n) is 1.77. The highest BCUT2D eigenvalue weighted by Crippen LogP contribution is 2.29. The molecule has 0 heterocycles. The molecule has 1 rings (SSSR count). The van der Waals surface area contributed by atoms with Crippen molar-refractivity contribution in [3.05, 3.63) is 0 Å². The highest BCUT2D eigenvalue weighted by molar-refractivity contribution is 5.92. The van der Waals surface area contributed by atoms with Gasteiger partial charge in [-0.25, -0.2) is 0 Å². The van der Waals surface area contributed by atoms with Crippen molar-refractivity contribution >= 4 is 17.9 Å². The third-order valence-electron chi connectivity index (χ3n) is 3.32. The molecule has 0 aromatic carbocycles. The fourth-order valence-corrected chi connectivity index (χ4v) is 1.77. The largest absolute Gasteiger partial charge is 0.353 e. The average molecular weight is 224 g/mol. The highest BCUT2D eigenvalue weighted by atomic mass is 16.2. The molecule has 1 amide bonds. The quantitative estimate of drug-likeness (QED) is 0.669. The minimum absolute atomic E-state index is 0.0185. The number of carbonyl (C=O) groups excluding carboxylic acids is 2. The Bertz CT molecular complexity index is 297. The van der Waals surface area contributed by atoms with Gasteiger partial charge in [-0.2, -0.15) is 0 Å². The van der Waals surface area contributed by atoms with Crippen molar-refractivity contribution in [2.75, 3.05) is 0 Å². The smallest absolute Gasteiger partial charge is 0.223 e. The van der Waals surface area contributed by atoms with E-state index in [4.69, 9.17) is 5.41 Å². The Kier molecular flexibility index (Phi) is 4.21. The molecule has 4 nitrogen and oxygen atoms in total. The molecular formula is C12H20N2O2. The normalized spacial score (nSPS) is 20.7. The Balaban J connectivity index is 2.50. The predicted molar refractivity (Wildman–Crippen MR) is 62.4 cm³/mol. The second kappa shape index (κ2) is 5.23. The maximum atomic E-state index is 11.5. The minimum atomic E-state index is -0.394. The van der Waals surface area contributed by atoms with E-state index < -0.39 is 5.92 Å². The topological polar surface area (TPSA) is 70.0 Å². The lowest BCUT2D eigenvalue weighted by Crippen LogP contribution is -2.42. The molecule has 0 spiro atoms. The zero-order chi connectivity index (χ0) is 12.3. The van der Waals surface area contributed by atoms with E-state index in [1.807, 2.05) is 13.8 Å². The van der Waals surface area contributed by atoms with E-state index in [1.54, 1.807) is 0 Å². The van der Waals surface area contributed by atoms with Gasteiger partial charge in [0.2, 0.25) is 5.91 Å². The van der Waals surface area contributed by atoms with E-state index in [0.29, 0.717) is 0 Å². The number of Topliss-reactive ketones (excluding diaryl/α,β-unsaturated/α-hetero) is 1. The van der Waals surface area contributed by atoms with Crippen LogP contribution in [0.2, 0.25) is 0 Å². The summed E-state index contributed by atoms with van der Waals surface area (Å²) in [5.74, 6) is -0.167. The highest BCUT2D eigenvalue weighted by Gasteiger charge is 2.32. The summed E-state index contributed by atoms with van der Waals surface area (Å²) in [6, 6.07) is -0.0661. The maximum Gasteiger partial charge on any atom is 0.223 e. The van der Waals surface area contributed by atoms with E-state index in [-0.39, 0.29) is 29.6 Å². The lowest BCUT2D eigenvalue weighted by molar-refractivity contribution is -0.124. The third-order valence-corrected chi connectivity index (χ3v) is 3.32. The van der Waals surface area contributed by atoms with Gasteiger partial charge in [-0.1, -0.05) is 6.92 Å². The number of nitrogens with one attached hydrogen (secondary N) is 2. The average Bonchev–Trinajstić information content (AvgIpc) is 3.00. The summed E-state index contributed by atoms with van der Waals surface area (Å²) in [5.41, 5.74) is 0. The third kappa shape index (κ3) is 3.15.